The molecule has 1 aliphatic heterocycles. The number of nitrogens with zero attached hydrogens (tertiary/aromatic N) is 1. The summed E-state index contributed by atoms with van der Waals surface area (Å²) in [6.45, 7) is 0.478. The molecule has 0 saturated carbocycles. The lowest BCUT2D eigenvalue weighted by Crippen LogP contribution is -2.53. The average molecular weight is 271 g/mol. The molecule has 0 bridgehead atoms. The number of carbonyl (C=O) groups excluding carboxylic acids is 1. The first kappa shape index (κ1) is 12.5. The second-order valence-corrected chi connectivity index (χ2v) is 4.77. The summed E-state index contributed by atoms with van der Waals surface area (Å²) >= 11 is 0. The Labute approximate surface area is 115 Å². The highest BCUT2D eigenvalue weighted by Gasteiger charge is 2.37. The van der Waals surface area contributed by atoms with Crippen LogP contribution >= 0.6 is 0 Å². The molecule has 0 spiro atoms. The molecular formula is C15H13NO4. The van der Waals surface area contributed by atoms with Crippen molar-refractivity contribution in [3.05, 3.63) is 48.4 Å². The summed E-state index contributed by atoms with van der Waals surface area (Å²) in [4.78, 5) is 24.5. The molecule has 0 unspecified atom stereocenters. The molecule has 1 fully saturated rings. The zero-order valence-corrected chi connectivity index (χ0v) is 10.7. The van der Waals surface area contributed by atoms with Crippen molar-refractivity contribution in [3.8, 4) is 11.1 Å². The zero-order valence-electron chi connectivity index (χ0n) is 10.7. The van der Waals surface area contributed by atoms with Gasteiger partial charge >= 0.3 is 5.97 Å². The Morgan fingerprint density at radius 3 is 2.50 bits per heavy atom. The van der Waals surface area contributed by atoms with Crippen LogP contribution in [-0.2, 0) is 4.79 Å². The Morgan fingerprint density at radius 2 is 1.85 bits per heavy atom. The maximum absolute atomic E-state index is 12.3. The lowest BCUT2D eigenvalue weighted by Gasteiger charge is -2.36. The summed E-state index contributed by atoms with van der Waals surface area (Å²) in [5.41, 5.74) is 1.63. The van der Waals surface area contributed by atoms with E-state index in [0.29, 0.717) is 0 Å². The van der Waals surface area contributed by atoms with Gasteiger partial charge in [0.2, 0.25) is 0 Å². The van der Waals surface area contributed by atoms with Crippen LogP contribution in [0.5, 0.6) is 0 Å². The molecule has 102 valence electrons. The predicted octanol–water partition coefficient (Wildman–Crippen LogP) is 2.10. The van der Waals surface area contributed by atoms with Crippen molar-refractivity contribution in [1.82, 2.24) is 4.90 Å². The number of benzene rings is 1. The summed E-state index contributed by atoms with van der Waals surface area (Å²) < 4.78 is 5.29. The fraction of sp³-hybridized carbons (Fsp3) is 0.200. The van der Waals surface area contributed by atoms with Gasteiger partial charge in [-0.25, -0.2) is 0 Å². The van der Waals surface area contributed by atoms with Crippen molar-refractivity contribution in [2.24, 2.45) is 5.92 Å². The van der Waals surface area contributed by atoms with Gasteiger partial charge in [-0.1, -0.05) is 30.3 Å². The molecule has 5 heteroatoms. The molecule has 0 radical (unpaired) electrons. The topological polar surface area (TPSA) is 70.8 Å². The second-order valence-electron chi connectivity index (χ2n) is 4.77. The number of carboxylic acid groups (broad SMARTS) is 1. The first-order chi connectivity index (χ1) is 9.66. The third kappa shape index (κ3) is 2.07. The number of likely N-dealkylation sites (tertiary alicyclic amines) is 1. The largest absolute Gasteiger partial charge is 0.481 e. The Kier molecular flexibility index (Phi) is 3.02. The second kappa shape index (κ2) is 4.85. The van der Waals surface area contributed by atoms with Gasteiger partial charge in [0.05, 0.1) is 12.2 Å². The Hall–Kier alpha value is -2.56. The van der Waals surface area contributed by atoms with Crippen LogP contribution in [0.4, 0.5) is 0 Å². The van der Waals surface area contributed by atoms with Crippen molar-refractivity contribution in [2.75, 3.05) is 13.1 Å². The average Bonchev–Trinajstić information content (AvgIpc) is 2.86. The molecule has 1 aromatic heterocycles. The van der Waals surface area contributed by atoms with Crippen molar-refractivity contribution < 1.29 is 19.1 Å². The molecule has 2 aromatic rings. The highest BCUT2D eigenvalue weighted by molar-refractivity contribution is 5.99. The van der Waals surface area contributed by atoms with Crippen LogP contribution < -0.4 is 0 Å². The predicted molar refractivity (Wildman–Crippen MR) is 71.2 cm³/mol. The summed E-state index contributed by atoms with van der Waals surface area (Å²) in [7, 11) is 0. The maximum atomic E-state index is 12.3. The third-order valence-corrected chi connectivity index (χ3v) is 3.46. The van der Waals surface area contributed by atoms with E-state index in [0.717, 1.165) is 11.1 Å². The van der Waals surface area contributed by atoms with Crippen LogP contribution in [-0.4, -0.2) is 35.0 Å². The van der Waals surface area contributed by atoms with E-state index in [1.54, 1.807) is 6.07 Å². The zero-order chi connectivity index (χ0) is 14.1. The summed E-state index contributed by atoms with van der Waals surface area (Å²) in [6, 6.07) is 11.2. The number of furan rings is 1. The van der Waals surface area contributed by atoms with Crippen molar-refractivity contribution in [2.45, 2.75) is 0 Å². The molecular weight excluding hydrogens is 258 g/mol. The normalized spacial score (nSPS) is 14.9. The van der Waals surface area contributed by atoms with Gasteiger partial charge in [0.25, 0.3) is 5.91 Å². The lowest BCUT2D eigenvalue weighted by atomic mass is 9.99. The molecule has 3 rings (SSSR count). The molecule has 1 aromatic carbocycles. The van der Waals surface area contributed by atoms with E-state index in [9.17, 15) is 9.59 Å². The highest BCUT2D eigenvalue weighted by Crippen LogP contribution is 2.28. The molecule has 1 saturated heterocycles. The van der Waals surface area contributed by atoms with Crippen LogP contribution in [0, 0.1) is 5.92 Å². The molecule has 1 N–H and O–H groups in total. The quantitative estimate of drug-likeness (QED) is 0.928. The van der Waals surface area contributed by atoms with Gasteiger partial charge in [-0.3, -0.25) is 9.59 Å². The van der Waals surface area contributed by atoms with Gasteiger partial charge in [-0.05, 0) is 11.6 Å². The van der Waals surface area contributed by atoms with E-state index in [2.05, 4.69) is 0 Å². The van der Waals surface area contributed by atoms with E-state index in [4.69, 9.17) is 9.52 Å². The van der Waals surface area contributed by atoms with Gasteiger partial charge < -0.3 is 14.4 Å². The van der Waals surface area contributed by atoms with Gasteiger partial charge in [0, 0.05) is 18.7 Å². The number of aliphatic carboxylic acids is 1. The SMILES string of the molecule is O=C(O)C1CN(C(=O)c2occc2-c2ccccc2)C1. The number of carbonyl (C=O) groups is 2. The number of carboxylic acids is 1. The molecule has 20 heavy (non-hydrogen) atoms. The Morgan fingerprint density at radius 1 is 1.15 bits per heavy atom. The van der Waals surface area contributed by atoms with Gasteiger partial charge in [0.15, 0.2) is 5.76 Å². The summed E-state index contributed by atoms with van der Waals surface area (Å²) in [6.07, 6.45) is 1.48. The monoisotopic (exact) mass is 271 g/mol. The molecule has 5 nitrogen and oxygen atoms in total. The van der Waals surface area contributed by atoms with E-state index >= 15 is 0 Å². The smallest absolute Gasteiger partial charge is 0.310 e. The molecule has 1 aliphatic rings. The minimum atomic E-state index is -0.864. The van der Waals surface area contributed by atoms with E-state index in [-0.39, 0.29) is 24.8 Å². The summed E-state index contributed by atoms with van der Waals surface area (Å²) in [5.74, 6) is -1.32. The van der Waals surface area contributed by atoms with E-state index in [1.807, 2.05) is 30.3 Å². The number of hydrogen-bond donors (Lipinski definition) is 1. The van der Waals surface area contributed by atoms with Crippen LogP contribution in [0.25, 0.3) is 11.1 Å². The fourth-order valence-corrected chi connectivity index (χ4v) is 2.26. The van der Waals surface area contributed by atoms with Crippen LogP contribution in [0.15, 0.2) is 47.1 Å². The van der Waals surface area contributed by atoms with Gasteiger partial charge in [-0.2, -0.15) is 0 Å². The lowest BCUT2D eigenvalue weighted by molar-refractivity contribution is -0.146. The first-order valence-electron chi connectivity index (χ1n) is 6.32. The van der Waals surface area contributed by atoms with Crippen molar-refractivity contribution in [1.29, 1.82) is 0 Å². The Bertz CT molecular complexity index is 641. The fourth-order valence-electron chi connectivity index (χ4n) is 2.26. The molecule has 2 heterocycles. The van der Waals surface area contributed by atoms with Crippen molar-refractivity contribution in [3.63, 3.8) is 0 Å². The first-order valence-corrected chi connectivity index (χ1v) is 6.32. The van der Waals surface area contributed by atoms with Crippen LogP contribution in [0.2, 0.25) is 0 Å². The highest BCUT2D eigenvalue weighted by atomic mass is 16.4. The number of amides is 1. The molecule has 0 atom stereocenters. The standard InChI is InChI=1S/C15H13NO4/c17-14(16-8-11(9-16)15(18)19)13-12(6-7-20-13)10-4-2-1-3-5-10/h1-7,11H,8-9H2,(H,18,19). The maximum Gasteiger partial charge on any atom is 0.310 e. The number of hydrogen-bond acceptors (Lipinski definition) is 3. The molecule has 0 aliphatic carbocycles. The third-order valence-electron chi connectivity index (χ3n) is 3.46. The molecule has 1 amide bonds. The van der Waals surface area contributed by atoms with Gasteiger partial charge in [0.1, 0.15) is 0 Å². The Balaban J connectivity index is 1.81. The van der Waals surface area contributed by atoms with Crippen molar-refractivity contribution >= 4 is 11.9 Å². The van der Waals surface area contributed by atoms with E-state index < -0.39 is 11.9 Å². The number of rotatable bonds is 3. The van der Waals surface area contributed by atoms with Gasteiger partial charge in [-0.15, -0.1) is 0 Å². The van der Waals surface area contributed by atoms with Crippen LogP contribution in [0.1, 0.15) is 10.6 Å². The van der Waals surface area contributed by atoms with Crippen LogP contribution in [0.3, 0.4) is 0 Å². The van der Waals surface area contributed by atoms with E-state index in [1.165, 1.54) is 11.2 Å². The summed E-state index contributed by atoms with van der Waals surface area (Å²) in [5, 5.41) is 8.83. The minimum Gasteiger partial charge on any atom is -0.481 e. The minimum absolute atomic E-state index is 0.239.